The molecular weight excluding hydrogens is 835 g/mol. The normalized spacial score (nSPS) is 16.7. The van der Waals surface area contributed by atoms with Crippen molar-refractivity contribution in [3.8, 4) is 28.7 Å². The number of carbonyl (C=O) groups is 3. The molecule has 318 valence electrons. The minimum absolute atomic E-state index is 0.0846. The Labute approximate surface area is 376 Å². The van der Waals surface area contributed by atoms with Crippen molar-refractivity contribution < 1.29 is 29.0 Å². The predicted molar refractivity (Wildman–Crippen MR) is 243 cm³/mol. The summed E-state index contributed by atoms with van der Waals surface area (Å²) in [6.45, 7) is 2.75. The molecule has 4 atom stereocenters. The van der Waals surface area contributed by atoms with Crippen LogP contribution < -0.4 is 19.7 Å². The highest BCUT2D eigenvalue weighted by Crippen LogP contribution is 2.43. The van der Waals surface area contributed by atoms with Crippen molar-refractivity contribution in [1.29, 1.82) is 5.26 Å². The summed E-state index contributed by atoms with van der Waals surface area (Å²) < 4.78 is 12.5. The highest BCUT2D eigenvalue weighted by molar-refractivity contribution is 6.42. The molecule has 8 rings (SSSR count). The second-order valence-corrected chi connectivity index (χ2v) is 16.6. The monoisotopic (exact) mass is 878 g/mol. The minimum Gasteiger partial charge on any atom is -0.489 e. The van der Waals surface area contributed by atoms with Crippen LogP contribution in [0.4, 0.5) is 5.69 Å². The Hall–Kier alpha value is -6.64. The van der Waals surface area contributed by atoms with Crippen LogP contribution in [0.1, 0.15) is 64.4 Å². The number of benzene rings is 6. The molecule has 6 aromatic rings. The van der Waals surface area contributed by atoms with E-state index in [1.54, 1.807) is 48.3 Å². The van der Waals surface area contributed by atoms with E-state index in [1.165, 1.54) is 0 Å². The lowest BCUT2D eigenvalue weighted by atomic mass is 9.88. The number of carbonyl (C=O) groups excluding carboxylic acids is 2. The number of amides is 2. The molecule has 0 spiro atoms. The number of nitrogens with zero attached hydrogens (tertiary/aromatic N) is 3. The Morgan fingerprint density at radius 3 is 2.21 bits per heavy atom. The highest BCUT2D eigenvalue weighted by Gasteiger charge is 2.40. The number of likely N-dealkylation sites (N-methyl/N-ethyl adjacent to an activating group) is 1. The van der Waals surface area contributed by atoms with E-state index in [2.05, 4.69) is 23.2 Å². The second kappa shape index (κ2) is 18.8. The largest absolute Gasteiger partial charge is 0.489 e. The molecule has 1 unspecified atom stereocenters. The lowest BCUT2D eigenvalue weighted by molar-refractivity contribution is -0.143. The summed E-state index contributed by atoms with van der Waals surface area (Å²) in [6.07, 6.45) is 0.181. The molecule has 0 fully saturated rings. The lowest BCUT2D eigenvalue weighted by Gasteiger charge is -2.42. The molecule has 0 radical (unpaired) electrons. The summed E-state index contributed by atoms with van der Waals surface area (Å²) in [6, 6.07) is 41.3. The standard InChI is InChI=1S/C51H44Cl2N4O6/c1-3-44(36-7-5-4-6-8-36)57-29-39-27-47-45(56(2)50(59)48(63-47)37-18-20-40(21-19-37)62-30-33-13-22-41(52)42(53)23-33)25-38(39)26-46(57)49(58)55-43(51(60)61)24-31-9-14-34(15-10-31)35-16-11-32(28-54)12-17-35/h4-23,25,27,43-44,46,48H,3,24,26,29-30H2,1-2H3,(H,55,58)(H,60,61)/t43?,44-,46-,48+/m0/s1. The molecule has 0 saturated carbocycles. The summed E-state index contributed by atoms with van der Waals surface area (Å²) in [7, 11) is 1.72. The topological polar surface area (TPSA) is 132 Å². The van der Waals surface area contributed by atoms with E-state index in [0.29, 0.717) is 57.7 Å². The quantitative estimate of drug-likeness (QED) is 0.117. The number of hydrogen-bond donors (Lipinski definition) is 2. The van der Waals surface area contributed by atoms with Crippen molar-refractivity contribution in [2.24, 2.45) is 0 Å². The number of halogens is 2. The summed E-state index contributed by atoms with van der Waals surface area (Å²) in [5, 5.41) is 23.4. The van der Waals surface area contributed by atoms with E-state index >= 15 is 0 Å². The third-order valence-corrected chi connectivity index (χ3v) is 12.5. The zero-order valence-electron chi connectivity index (χ0n) is 34.6. The Morgan fingerprint density at radius 1 is 0.873 bits per heavy atom. The van der Waals surface area contributed by atoms with E-state index in [1.807, 2.05) is 97.1 Å². The lowest BCUT2D eigenvalue weighted by Crippen LogP contribution is -2.55. The van der Waals surface area contributed by atoms with Gasteiger partial charge in [0.05, 0.1) is 33.4 Å². The third-order valence-electron chi connectivity index (χ3n) is 11.8. The Bertz CT molecular complexity index is 2690. The van der Waals surface area contributed by atoms with Gasteiger partial charge in [0.25, 0.3) is 5.91 Å². The van der Waals surface area contributed by atoms with Crippen LogP contribution in [0.5, 0.6) is 11.5 Å². The van der Waals surface area contributed by atoms with Gasteiger partial charge in [-0.1, -0.05) is 115 Å². The summed E-state index contributed by atoms with van der Waals surface area (Å²) in [4.78, 5) is 44.8. The maximum atomic E-state index is 14.5. The van der Waals surface area contributed by atoms with Gasteiger partial charge in [-0.25, -0.2) is 4.79 Å². The fourth-order valence-electron chi connectivity index (χ4n) is 8.38. The molecule has 6 aromatic carbocycles. The Morgan fingerprint density at radius 2 is 1.56 bits per heavy atom. The van der Waals surface area contributed by atoms with Crippen LogP contribution in [-0.4, -0.2) is 46.9 Å². The number of carboxylic acids is 1. The van der Waals surface area contributed by atoms with Crippen LogP contribution in [0.25, 0.3) is 11.1 Å². The number of carboxylic acid groups (broad SMARTS) is 1. The van der Waals surface area contributed by atoms with Crippen molar-refractivity contribution in [3.63, 3.8) is 0 Å². The molecule has 12 heteroatoms. The van der Waals surface area contributed by atoms with Gasteiger partial charge in [-0.15, -0.1) is 0 Å². The van der Waals surface area contributed by atoms with Gasteiger partial charge in [0.15, 0.2) is 0 Å². The van der Waals surface area contributed by atoms with Gasteiger partial charge in [0.2, 0.25) is 12.0 Å². The zero-order chi connectivity index (χ0) is 44.2. The third kappa shape index (κ3) is 9.42. The number of hydrogen-bond acceptors (Lipinski definition) is 7. The highest BCUT2D eigenvalue weighted by atomic mass is 35.5. The first-order valence-corrected chi connectivity index (χ1v) is 21.4. The van der Waals surface area contributed by atoms with E-state index in [9.17, 15) is 19.5 Å². The van der Waals surface area contributed by atoms with Crippen molar-refractivity contribution in [2.45, 2.75) is 63.6 Å². The summed E-state index contributed by atoms with van der Waals surface area (Å²) in [5.74, 6) is -0.610. The van der Waals surface area contributed by atoms with Crippen molar-refractivity contribution >= 4 is 46.7 Å². The molecule has 63 heavy (non-hydrogen) atoms. The second-order valence-electron chi connectivity index (χ2n) is 15.8. The average Bonchev–Trinajstić information content (AvgIpc) is 3.30. The molecule has 2 amide bonds. The van der Waals surface area contributed by atoms with Crippen LogP contribution in [0.3, 0.4) is 0 Å². The molecule has 0 bridgehead atoms. The number of rotatable bonds is 13. The van der Waals surface area contributed by atoms with Crippen LogP contribution in [0.15, 0.2) is 133 Å². The average molecular weight is 880 g/mol. The van der Waals surface area contributed by atoms with Crippen molar-refractivity contribution in [1.82, 2.24) is 10.2 Å². The molecule has 2 heterocycles. The fourth-order valence-corrected chi connectivity index (χ4v) is 8.70. The molecule has 0 aromatic heterocycles. The molecular formula is C51H44Cl2N4O6. The van der Waals surface area contributed by atoms with Crippen molar-refractivity contribution in [3.05, 3.63) is 182 Å². The first-order chi connectivity index (χ1) is 30.5. The Kier molecular flexibility index (Phi) is 12.8. The van der Waals surface area contributed by atoms with Crippen molar-refractivity contribution in [2.75, 3.05) is 11.9 Å². The SMILES string of the molecule is CC[C@@H](c1ccccc1)N1Cc2cc3c(cc2C[C@H]1C(=O)NC(Cc1ccc(-c2ccc(C#N)cc2)cc1)C(=O)O)N(C)C(=O)[C@@H](c1ccc(OCc2ccc(Cl)c(Cl)c2)cc1)O3. The maximum Gasteiger partial charge on any atom is 0.326 e. The van der Waals surface area contributed by atoms with Gasteiger partial charge >= 0.3 is 5.97 Å². The maximum absolute atomic E-state index is 14.5. The van der Waals surface area contributed by atoms with E-state index in [0.717, 1.165) is 38.9 Å². The van der Waals surface area contributed by atoms with Crippen LogP contribution in [0.2, 0.25) is 10.0 Å². The smallest absolute Gasteiger partial charge is 0.326 e. The first-order valence-electron chi connectivity index (χ1n) is 20.7. The number of nitrogens with one attached hydrogen (secondary N) is 1. The number of ether oxygens (including phenoxy) is 2. The van der Waals surface area contributed by atoms with E-state index < -0.39 is 24.2 Å². The predicted octanol–water partition coefficient (Wildman–Crippen LogP) is 9.90. The van der Waals surface area contributed by atoms with Gasteiger partial charge in [-0.05, 0) is 100 Å². The van der Waals surface area contributed by atoms with Crippen LogP contribution in [-0.2, 0) is 40.4 Å². The fraction of sp³-hybridized carbons (Fsp3) is 0.216. The van der Waals surface area contributed by atoms with Gasteiger partial charge in [0.1, 0.15) is 24.1 Å². The van der Waals surface area contributed by atoms with Gasteiger partial charge in [0, 0.05) is 31.6 Å². The number of nitriles is 1. The zero-order valence-corrected chi connectivity index (χ0v) is 36.1. The Balaban J connectivity index is 1.02. The number of fused-ring (bicyclic) bond motifs is 2. The minimum atomic E-state index is -1.18. The molecule has 0 aliphatic carbocycles. The summed E-state index contributed by atoms with van der Waals surface area (Å²) in [5.41, 5.74) is 8.18. The van der Waals surface area contributed by atoms with Gasteiger partial charge in [-0.2, -0.15) is 5.26 Å². The molecule has 10 nitrogen and oxygen atoms in total. The molecule has 2 aliphatic rings. The van der Waals surface area contributed by atoms with Gasteiger partial charge in [-0.3, -0.25) is 14.5 Å². The molecule has 2 N–H and O–H groups in total. The number of anilines is 1. The molecule has 2 aliphatic heterocycles. The first kappa shape index (κ1) is 43.0. The molecule has 0 saturated heterocycles. The number of aliphatic carboxylic acids is 1. The van der Waals surface area contributed by atoms with Crippen LogP contribution >= 0.6 is 23.2 Å². The van der Waals surface area contributed by atoms with Gasteiger partial charge < -0.3 is 24.8 Å². The van der Waals surface area contributed by atoms with E-state index in [4.69, 9.17) is 37.9 Å². The van der Waals surface area contributed by atoms with E-state index in [-0.39, 0.29) is 30.9 Å². The summed E-state index contributed by atoms with van der Waals surface area (Å²) >= 11 is 12.2. The van der Waals surface area contributed by atoms with Crippen LogP contribution in [0, 0.1) is 11.3 Å².